The molecule has 1 aromatic carbocycles. The molecule has 1 N–H and O–H groups in total. The van der Waals surface area contributed by atoms with Crippen LogP contribution in [0.15, 0.2) is 18.2 Å². The zero-order valence-electron chi connectivity index (χ0n) is 13.6. The summed E-state index contributed by atoms with van der Waals surface area (Å²) in [7, 11) is 0. The van der Waals surface area contributed by atoms with Crippen molar-refractivity contribution in [3.8, 4) is 17.3 Å². The average molecular weight is 359 g/mol. The van der Waals surface area contributed by atoms with Gasteiger partial charge in [0.15, 0.2) is 5.69 Å². The van der Waals surface area contributed by atoms with Crippen LogP contribution in [0, 0.1) is 18.3 Å². The fourth-order valence-corrected chi connectivity index (χ4v) is 2.80. The number of carbonyl (C=O) groups excluding carboxylic acids is 1. The standard InChI is InChI=1S/C17H12F3N5O/c1-9-14(22-13(8-21)16-15(9)23-25-24-16)11-5-4-10(3-2-6-26)12(7-11)17(18,19)20/h4-7H,2-3H2,1H3,(H,23,24,25). The molecule has 0 aliphatic heterocycles. The monoisotopic (exact) mass is 359 g/mol. The van der Waals surface area contributed by atoms with E-state index in [-0.39, 0.29) is 40.9 Å². The lowest BCUT2D eigenvalue weighted by Crippen LogP contribution is -2.10. The first-order chi connectivity index (χ1) is 12.4. The molecule has 0 bridgehead atoms. The highest BCUT2D eigenvalue weighted by Gasteiger charge is 2.33. The SMILES string of the molecule is Cc1c(-c2ccc(CCC=O)c(C(F)(F)F)c2)nc(C#N)c2n[nH]nc12. The lowest BCUT2D eigenvalue weighted by atomic mass is 9.96. The molecule has 0 unspecified atom stereocenters. The van der Waals surface area contributed by atoms with Gasteiger partial charge in [0.1, 0.15) is 23.4 Å². The third-order valence-electron chi connectivity index (χ3n) is 4.03. The number of aromatic nitrogens is 4. The predicted octanol–water partition coefficient (Wildman–Crippen LogP) is 3.35. The van der Waals surface area contributed by atoms with Crippen LogP contribution < -0.4 is 0 Å². The van der Waals surface area contributed by atoms with Gasteiger partial charge in [-0.15, -0.1) is 0 Å². The maximum atomic E-state index is 13.4. The van der Waals surface area contributed by atoms with E-state index in [2.05, 4.69) is 20.4 Å². The number of aryl methyl sites for hydroxylation is 2. The topological polar surface area (TPSA) is 95.3 Å². The molecule has 0 radical (unpaired) electrons. The Kier molecular flexibility index (Phi) is 4.42. The van der Waals surface area contributed by atoms with Crippen LogP contribution in [0.25, 0.3) is 22.3 Å². The molecule has 0 saturated carbocycles. The smallest absolute Gasteiger partial charge is 0.303 e. The summed E-state index contributed by atoms with van der Waals surface area (Å²) in [6.45, 7) is 1.65. The van der Waals surface area contributed by atoms with Crippen LogP contribution in [0.4, 0.5) is 13.2 Å². The summed E-state index contributed by atoms with van der Waals surface area (Å²) in [5.41, 5.74) is 0.805. The Morgan fingerprint density at radius 2 is 2.00 bits per heavy atom. The van der Waals surface area contributed by atoms with Crippen LogP contribution >= 0.6 is 0 Å². The molecule has 132 valence electrons. The lowest BCUT2D eigenvalue weighted by molar-refractivity contribution is -0.138. The van der Waals surface area contributed by atoms with E-state index in [1.165, 1.54) is 12.1 Å². The van der Waals surface area contributed by atoms with Gasteiger partial charge < -0.3 is 4.79 Å². The maximum absolute atomic E-state index is 13.4. The van der Waals surface area contributed by atoms with E-state index < -0.39 is 11.7 Å². The Morgan fingerprint density at radius 1 is 1.27 bits per heavy atom. The van der Waals surface area contributed by atoms with Crippen LogP contribution in [-0.2, 0) is 17.4 Å². The van der Waals surface area contributed by atoms with Gasteiger partial charge in [-0.2, -0.15) is 33.8 Å². The zero-order chi connectivity index (χ0) is 18.9. The Balaban J connectivity index is 2.21. The van der Waals surface area contributed by atoms with Crippen LogP contribution in [-0.4, -0.2) is 26.7 Å². The lowest BCUT2D eigenvalue weighted by Gasteiger charge is -2.15. The number of carbonyl (C=O) groups is 1. The van der Waals surface area contributed by atoms with E-state index in [0.29, 0.717) is 17.4 Å². The van der Waals surface area contributed by atoms with E-state index in [1.807, 2.05) is 6.07 Å². The highest BCUT2D eigenvalue weighted by Crippen LogP contribution is 2.36. The summed E-state index contributed by atoms with van der Waals surface area (Å²) >= 11 is 0. The van der Waals surface area contributed by atoms with Crippen molar-refractivity contribution < 1.29 is 18.0 Å². The van der Waals surface area contributed by atoms with Crippen molar-refractivity contribution in [1.29, 1.82) is 5.26 Å². The quantitative estimate of drug-likeness (QED) is 0.721. The van der Waals surface area contributed by atoms with Gasteiger partial charge in [-0.05, 0) is 25.0 Å². The molecule has 0 spiro atoms. The molecule has 0 saturated heterocycles. The minimum absolute atomic E-state index is 0.00316. The largest absolute Gasteiger partial charge is 0.416 e. The predicted molar refractivity (Wildman–Crippen MR) is 86.0 cm³/mol. The summed E-state index contributed by atoms with van der Waals surface area (Å²) in [6, 6.07) is 5.70. The summed E-state index contributed by atoms with van der Waals surface area (Å²) in [5.74, 6) is 0. The van der Waals surface area contributed by atoms with E-state index in [0.717, 1.165) is 6.07 Å². The fraction of sp³-hybridized carbons (Fsp3) is 0.235. The second-order valence-corrected chi connectivity index (χ2v) is 5.64. The number of fused-ring (bicyclic) bond motifs is 1. The molecule has 6 nitrogen and oxygen atoms in total. The number of pyridine rings is 1. The van der Waals surface area contributed by atoms with Crippen LogP contribution in [0.1, 0.15) is 28.8 Å². The van der Waals surface area contributed by atoms with E-state index in [4.69, 9.17) is 0 Å². The van der Waals surface area contributed by atoms with E-state index in [1.54, 1.807) is 6.92 Å². The number of nitrogens with one attached hydrogen (secondary N) is 1. The number of alkyl halides is 3. The van der Waals surface area contributed by atoms with Crippen molar-refractivity contribution in [1.82, 2.24) is 20.4 Å². The molecule has 0 amide bonds. The Hall–Kier alpha value is -3.28. The summed E-state index contributed by atoms with van der Waals surface area (Å²) in [5, 5.41) is 19.4. The number of hydrogen-bond acceptors (Lipinski definition) is 5. The van der Waals surface area contributed by atoms with Crippen LogP contribution in [0.5, 0.6) is 0 Å². The maximum Gasteiger partial charge on any atom is 0.416 e. The number of nitrogens with zero attached hydrogens (tertiary/aromatic N) is 4. The molecule has 0 aliphatic carbocycles. The molecule has 9 heteroatoms. The van der Waals surface area contributed by atoms with Crippen molar-refractivity contribution in [2.45, 2.75) is 25.9 Å². The fourth-order valence-electron chi connectivity index (χ4n) is 2.80. The normalized spacial score (nSPS) is 11.5. The average Bonchev–Trinajstić information content (AvgIpc) is 3.10. The number of aldehydes is 1. The molecule has 0 atom stereocenters. The van der Waals surface area contributed by atoms with E-state index in [9.17, 15) is 23.2 Å². The summed E-state index contributed by atoms with van der Waals surface area (Å²) < 4.78 is 40.3. The molecule has 3 aromatic rings. The first-order valence-corrected chi connectivity index (χ1v) is 7.62. The van der Waals surface area contributed by atoms with Gasteiger partial charge in [0.25, 0.3) is 0 Å². The molecule has 0 fully saturated rings. The number of rotatable bonds is 4. The number of halogens is 3. The minimum atomic E-state index is -4.57. The number of aromatic amines is 1. The Bertz CT molecular complexity index is 1030. The van der Waals surface area contributed by atoms with Crippen molar-refractivity contribution >= 4 is 17.3 Å². The highest BCUT2D eigenvalue weighted by atomic mass is 19.4. The van der Waals surface area contributed by atoms with Gasteiger partial charge in [0.2, 0.25) is 0 Å². The van der Waals surface area contributed by atoms with Crippen molar-refractivity contribution in [2.24, 2.45) is 0 Å². The Morgan fingerprint density at radius 3 is 2.65 bits per heavy atom. The second-order valence-electron chi connectivity index (χ2n) is 5.64. The zero-order valence-corrected chi connectivity index (χ0v) is 13.6. The van der Waals surface area contributed by atoms with Gasteiger partial charge >= 0.3 is 6.18 Å². The molecule has 0 aliphatic rings. The van der Waals surface area contributed by atoms with Crippen LogP contribution in [0.2, 0.25) is 0 Å². The number of H-pyrrole nitrogens is 1. The molecule has 2 aromatic heterocycles. The van der Waals surface area contributed by atoms with Gasteiger partial charge in [0, 0.05) is 17.5 Å². The molecular weight excluding hydrogens is 347 g/mol. The minimum Gasteiger partial charge on any atom is -0.303 e. The summed E-state index contributed by atoms with van der Waals surface area (Å²) in [6.07, 6.45) is -3.99. The van der Waals surface area contributed by atoms with Gasteiger partial charge in [-0.25, -0.2) is 4.98 Å². The summed E-state index contributed by atoms with van der Waals surface area (Å²) in [4.78, 5) is 14.7. The number of hydrogen-bond donors (Lipinski definition) is 1. The van der Waals surface area contributed by atoms with Gasteiger partial charge in [0.05, 0.1) is 11.3 Å². The third kappa shape index (κ3) is 3.01. The molecular formula is C17H12F3N5O. The Labute approximate surface area is 145 Å². The first kappa shape index (κ1) is 17.5. The molecule has 2 heterocycles. The van der Waals surface area contributed by atoms with Crippen molar-refractivity contribution in [3.63, 3.8) is 0 Å². The third-order valence-corrected chi connectivity index (χ3v) is 4.03. The first-order valence-electron chi connectivity index (χ1n) is 7.62. The van der Waals surface area contributed by atoms with Crippen LogP contribution in [0.3, 0.4) is 0 Å². The number of nitriles is 1. The van der Waals surface area contributed by atoms with Gasteiger partial charge in [-0.1, -0.05) is 12.1 Å². The van der Waals surface area contributed by atoms with Crippen molar-refractivity contribution in [3.05, 3.63) is 40.6 Å². The van der Waals surface area contributed by atoms with Gasteiger partial charge in [-0.3, -0.25) is 0 Å². The van der Waals surface area contributed by atoms with E-state index >= 15 is 0 Å². The van der Waals surface area contributed by atoms with Crippen molar-refractivity contribution in [2.75, 3.05) is 0 Å². The highest BCUT2D eigenvalue weighted by molar-refractivity contribution is 5.87. The molecule has 26 heavy (non-hydrogen) atoms. The number of benzene rings is 1. The molecule has 3 rings (SSSR count). The second kappa shape index (κ2) is 6.55.